The fourth-order valence-corrected chi connectivity index (χ4v) is 1.93. The van der Waals surface area contributed by atoms with Crippen LogP contribution in [0.2, 0.25) is 0 Å². The number of hydrogen-bond acceptors (Lipinski definition) is 3. The number of nitrogens with zero attached hydrogens (tertiary/aromatic N) is 1. The van der Waals surface area contributed by atoms with E-state index in [-0.39, 0.29) is 25.0 Å². The van der Waals surface area contributed by atoms with Crippen molar-refractivity contribution in [2.75, 3.05) is 25.1 Å². The van der Waals surface area contributed by atoms with E-state index in [1.54, 1.807) is 31.4 Å². The zero-order valence-corrected chi connectivity index (χ0v) is 11.1. The molecule has 20 heavy (non-hydrogen) atoms. The lowest BCUT2D eigenvalue weighted by molar-refractivity contribution is -0.122. The van der Waals surface area contributed by atoms with Gasteiger partial charge >= 0.3 is 6.03 Å². The maximum atomic E-state index is 11.9. The minimum Gasteiger partial charge on any atom is -0.497 e. The molecule has 1 aliphatic rings. The summed E-state index contributed by atoms with van der Waals surface area (Å²) in [7, 11) is 1.57. The van der Waals surface area contributed by atoms with Crippen molar-refractivity contribution in [2.45, 2.75) is 6.04 Å². The van der Waals surface area contributed by atoms with E-state index in [1.807, 2.05) is 0 Å². The molecule has 2 rings (SSSR count). The zero-order valence-electron chi connectivity index (χ0n) is 11.1. The number of terminal acetylenes is 1. The molecular weight excluding hydrogens is 258 g/mol. The summed E-state index contributed by atoms with van der Waals surface area (Å²) in [5, 5.41) is 5.16. The van der Waals surface area contributed by atoms with Crippen molar-refractivity contribution in [3.8, 4) is 18.1 Å². The number of hydrogen-bond donors (Lipinski definition) is 2. The first-order valence-corrected chi connectivity index (χ1v) is 6.09. The summed E-state index contributed by atoms with van der Waals surface area (Å²) >= 11 is 0. The van der Waals surface area contributed by atoms with Crippen molar-refractivity contribution in [3.05, 3.63) is 24.3 Å². The standard InChI is InChI=1S/C14H15N3O3/c1-3-8-15-13(18)12-9-17(14(19)16-12)10-4-6-11(20-2)7-5-10/h1,4-7,12H,8-9H2,2H3,(H,15,18)(H,16,19). The molecule has 1 fully saturated rings. The Labute approximate surface area is 117 Å². The molecular formula is C14H15N3O3. The van der Waals surface area contributed by atoms with E-state index in [1.165, 1.54) is 4.90 Å². The second-order valence-electron chi connectivity index (χ2n) is 4.23. The summed E-state index contributed by atoms with van der Waals surface area (Å²) in [5.74, 6) is 2.74. The number of carbonyl (C=O) groups is 2. The van der Waals surface area contributed by atoms with Gasteiger partial charge in [-0.1, -0.05) is 5.92 Å². The average molecular weight is 273 g/mol. The van der Waals surface area contributed by atoms with Gasteiger partial charge in [0, 0.05) is 5.69 Å². The van der Waals surface area contributed by atoms with E-state index < -0.39 is 6.04 Å². The summed E-state index contributed by atoms with van der Waals surface area (Å²) in [5.41, 5.74) is 0.704. The predicted octanol–water partition coefficient (Wildman–Crippen LogP) is 0.343. The molecule has 0 radical (unpaired) electrons. The summed E-state index contributed by atoms with van der Waals surface area (Å²) < 4.78 is 5.06. The van der Waals surface area contributed by atoms with Crippen molar-refractivity contribution in [1.29, 1.82) is 0 Å². The van der Waals surface area contributed by atoms with Crippen LogP contribution in [0, 0.1) is 12.3 Å². The molecule has 2 N–H and O–H groups in total. The third-order valence-corrected chi connectivity index (χ3v) is 2.97. The van der Waals surface area contributed by atoms with Crippen LogP contribution in [-0.4, -0.2) is 38.2 Å². The second-order valence-corrected chi connectivity index (χ2v) is 4.23. The third kappa shape index (κ3) is 2.83. The van der Waals surface area contributed by atoms with Crippen LogP contribution in [0.4, 0.5) is 10.5 Å². The molecule has 0 aromatic heterocycles. The summed E-state index contributed by atoms with van der Waals surface area (Å²) in [6, 6.07) is 6.14. The third-order valence-electron chi connectivity index (χ3n) is 2.97. The predicted molar refractivity (Wildman–Crippen MR) is 74.5 cm³/mol. The van der Waals surface area contributed by atoms with Crippen LogP contribution in [0.3, 0.4) is 0 Å². The highest BCUT2D eigenvalue weighted by Gasteiger charge is 2.34. The van der Waals surface area contributed by atoms with E-state index in [4.69, 9.17) is 11.2 Å². The van der Waals surface area contributed by atoms with Crippen molar-refractivity contribution in [1.82, 2.24) is 10.6 Å². The SMILES string of the molecule is C#CCNC(=O)C1CN(c2ccc(OC)cc2)C(=O)N1. The first-order chi connectivity index (χ1) is 9.65. The van der Waals surface area contributed by atoms with E-state index >= 15 is 0 Å². The number of rotatable bonds is 4. The van der Waals surface area contributed by atoms with E-state index in [0.717, 1.165) is 0 Å². The Kier molecular flexibility index (Phi) is 4.11. The normalized spacial score (nSPS) is 17.3. The van der Waals surface area contributed by atoms with Gasteiger partial charge in [0.1, 0.15) is 11.8 Å². The van der Waals surface area contributed by atoms with Crippen molar-refractivity contribution in [2.24, 2.45) is 0 Å². The Morgan fingerprint density at radius 1 is 1.55 bits per heavy atom. The molecule has 0 saturated carbocycles. The fourth-order valence-electron chi connectivity index (χ4n) is 1.93. The Bertz CT molecular complexity index is 548. The second kappa shape index (κ2) is 5.97. The van der Waals surface area contributed by atoms with Gasteiger partial charge in [0.15, 0.2) is 0 Å². The fraction of sp³-hybridized carbons (Fsp3) is 0.286. The van der Waals surface area contributed by atoms with Crippen molar-refractivity contribution >= 4 is 17.6 Å². The van der Waals surface area contributed by atoms with Gasteiger partial charge in [0.25, 0.3) is 0 Å². The summed E-state index contributed by atoms with van der Waals surface area (Å²) in [6.07, 6.45) is 5.07. The maximum Gasteiger partial charge on any atom is 0.322 e. The number of methoxy groups -OCH3 is 1. The first-order valence-electron chi connectivity index (χ1n) is 6.09. The van der Waals surface area contributed by atoms with E-state index in [0.29, 0.717) is 11.4 Å². The van der Waals surface area contributed by atoms with Gasteiger partial charge in [-0.2, -0.15) is 0 Å². The Balaban J connectivity index is 2.05. The molecule has 104 valence electrons. The summed E-state index contributed by atoms with van der Waals surface area (Å²) in [4.78, 5) is 25.1. The number of benzene rings is 1. The van der Waals surface area contributed by atoms with Crippen LogP contribution in [0.15, 0.2) is 24.3 Å². The molecule has 1 unspecified atom stereocenters. The van der Waals surface area contributed by atoms with Gasteiger partial charge in [-0.05, 0) is 24.3 Å². The lowest BCUT2D eigenvalue weighted by Gasteiger charge is -2.14. The van der Waals surface area contributed by atoms with E-state index in [2.05, 4.69) is 16.6 Å². The van der Waals surface area contributed by atoms with Gasteiger partial charge < -0.3 is 15.4 Å². The molecule has 1 saturated heterocycles. The zero-order chi connectivity index (χ0) is 14.5. The summed E-state index contributed by atoms with van der Waals surface area (Å²) in [6.45, 7) is 0.412. The van der Waals surface area contributed by atoms with Crippen LogP contribution in [0.1, 0.15) is 0 Å². The van der Waals surface area contributed by atoms with Crippen LogP contribution in [0.5, 0.6) is 5.75 Å². The Morgan fingerprint density at radius 3 is 2.85 bits per heavy atom. The molecule has 6 nitrogen and oxygen atoms in total. The Hall–Kier alpha value is -2.68. The van der Waals surface area contributed by atoms with Crippen molar-refractivity contribution in [3.63, 3.8) is 0 Å². The van der Waals surface area contributed by atoms with Gasteiger partial charge in [0.05, 0.1) is 20.2 Å². The number of amides is 3. The van der Waals surface area contributed by atoms with Crippen molar-refractivity contribution < 1.29 is 14.3 Å². The van der Waals surface area contributed by atoms with Crippen LogP contribution in [0.25, 0.3) is 0 Å². The smallest absolute Gasteiger partial charge is 0.322 e. The van der Waals surface area contributed by atoms with Gasteiger partial charge in [-0.15, -0.1) is 6.42 Å². The molecule has 1 heterocycles. The number of ether oxygens (including phenoxy) is 1. The molecule has 3 amide bonds. The largest absolute Gasteiger partial charge is 0.497 e. The quantitative estimate of drug-likeness (QED) is 0.777. The topological polar surface area (TPSA) is 70.7 Å². The monoisotopic (exact) mass is 273 g/mol. The van der Waals surface area contributed by atoms with Crippen LogP contribution in [-0.2, 0) is 4.79 Å². The number of urea groups is 1. The van der Waals surface area contributed by atoms with Gasteiger partial charge in [0.2, 0.25) is 5.91 Å². The van der Waals surface area contributed by atoms with Crippen LogP contribution >= 0.6 is 0 Å². The first kappa shape index (κ1) is 13.7. The van der Waals surface area contributed by atoms with E-state index in [9.17, 15) is 9.59 Å². The lowest BCUT2D eigenvalue weighted by Crippen LogP contribution is -2.42. The van der Waals surface area contributed by atoms with Gasteiger partial charge in [-0.3, -0.25) is 9.69 Å². The Morgan fingerprint density at radius 2 is 2.25 bits per heavy atom. The molecule has 0 bridgehead atoms. The average Bonchev–Trinajstić information content (AvgIpc) is 2.87. The highest BCUT2D eigenvalue weighted by Crippen LogP contribution is 2.21. The van der Waals surface area contributed by atoms with Gasteiger partial charge in [-0.25, -0.2) is 4.79 Å². The van der Waals surface area contributed by atoms with Crippen LogP contribution < -0.4 is 20.3 Å². The minimum absolute atomic E-state index is 0.147. The molecule has 1 aromatic carbocycles. The highest BCUT2D eigenvalue weighted by molar-refractivity contribution is 6.00. The molecule has 1 aliphatic heterocycles. The molecule has 0 aliphatic carbocycles. The molecule has 1 atom stereocenters. The maximum absolute atomic E-state index is 11.9. The number of anilines is 1. The minimum atomic E-state index is -0.599. The molecule has 1 aromatic rings. The number of carbonyl (C=O) groups excluding carboxylic acids is 2. The highest BCUT2D eigenvalue weighted by atomic mass is 16.5. The number of nitrogens with one attached hydrogen (secondary N) is 2. The molecule has 6 heteroatoms. The lowest BCUT2D eigenvalue weighted by atomic mass is 10.2. The molecule has 0 spiro atoms.